The maximum Gasteiger partial charge on any atom is 0.281 e. The summed E-state index contributed by atoms with van der Waals surface area (Å²) in [7, 11) is 2.93. The minimum absolute atomic E-state index is 0.369. The van der Waals surface area contributed by atoms with Crippen molar-refractivity contribution < 1.29 is 19.5 Å². The summed E-state index contributed by atoms with van der Waals surface area (Å²) < 4.78 is 5.12. The summed E-state index contributed by atoms with van der Waals surface area (Å²) in [4.78, 5) is 17.5. The molecular weight excluding hydrogens is 270 g/mol. The molecule has 5 heteroatoms. The molecule has 2 aromatic carbocycles. The van der Waals surface area contributed by atoms with Gasteiger partial charge in [0, 0.05) is 11.1 Å². The van der Waals surface area contributed by atoms with Crippen LogP contribution in [0.2, 0.25) is 0 Å². The molecule has 0 radical (unpaired) electrons. The van der Waals surface area contributed by atoms with Crippen molar-refractivity contribution in [2.75, 3.05) is 14.2 Å². The van der Waals surface area contributed by atoms with E-state index in [9.17, 15) is 9.90 Å². The number of carbonyl (C=O) groups is 1. The van der Waals surface area contributed by atoms with E-state index in [-0.39, 0.29) is 5.91 Å². The minimum atomic E-state index is -1.64. The van der Waals surface area contributed by atoms with Crippen LogP contribution in [0.4, 0.5) is 0 Å². The molecule has 1 aliphatic heterocycles. The van der Waals surface area contributed by atoms with Gasteiger partial charge in [0.15, 0.2) is 0 Å². The van der Waals surface area contributed by atoms with E-state index in [1.807, 2.05) is 0 Å². The number of hydroxylamine groups is 2. The van der Waals surface area contributed by atoms with Crippen LogP contribution in [0.15, 0.2) is 48.5 Å². The lowest BCUT2D eigenvalue weighted by Crippen LogP contribution is -2.43. The Kier molecular flexibility index (Phi) is 3.16. The molecule has 5 nitrogen and oxygen atoms in total. The molecule has 1 aliphatic rings. The first kappa shape index (κ1) is 13.6. The third-order valence-electron chi connectivity index (χ3n) is 3.69. The highest BCUT2D eigenvalue weighted by Crippen LogP contribution is 2.42. The lowest BCUT2D eigenvalue weighted by molar-refractivity contribution is -0.223. The van der Waals surface area contributed by atoms with E-state index in [1.165, 1.54) is 7.11 Å². The number of hydrogen-bond donors (Lipinski definition) is 1. The zero-order valence-electron chi connectivity index (χ0n) is 11.7. The number of fused-ring (bicyclic) bond motifs is 1. The highest BCUT2D eigenvalue weighted by Gasteiger charge is 2.50. The highest BCUT2D eigenvalue weighted by atomic mass is 16.7. The average Bonchev–Trinajstić information content (AvgIpc) is 2.76. The van der Waals surface area contributed by atoms with Gasteiger partial charge in [-0.05, 0) is 18.2 Å². The second kappa shape index (κ2) is 4.87. The molecule has 0 fully saturated rings. The average molecular weight is 285 g/mol. The number of hydrogen-bond acceptors (Lipinski definition) is 4. The van der Waals surface area contributed by atoms with Crippen molar-refractivity contribution in [1.29, 1.82) is 0 Å². The van der Waals surface area contributed by atoms with Crippen molar-refractivity contribution in [3.63, 3.8) is 0 Å². The number of carbonyl (C=O) groups excluding carboxylic acids is 1. The first-order valence-electron chi connectivity index (χ1n) is 6.48. The molecule has 0 saturated heterocycles. The van der Waals surface area contributed by atoms with Crippen LogP contribution in [0.25, 0.3) is 0 Å². The largest absolute Gasteiger partial charge is 0.497 e. The van der Waals surface area contributed by atoms with Gasteiger partial charge in [-0.3, -0.25) is 9.63 Å². The first-order chi connectivity index (χ1) is 10.1. The van der Waals surface area contributed by atoms with E-state index in [4.69, 9.17) is 9.57 Å². The number of benzene rings is 2. The van der Waals surface area contributed by atoms with Crippen LogP contribution in [0.1, 0.15) is 21.5 Å². The van der Waals surface area contributed by atoms with E-state index in [1.54, 1.807) is 55.6 Å². The summed E-state index contributed by atoms with van der Waals surface area (Å²) in [6.45, 7) is 0. The molecule has 0 bridgehead atoms. The van der Waals surface area contributed by atoms with Crippen molar-refractivity contribution >= 4 is 5.91 Å². The smallest absolute Gasteiger partial charge is 0.281 e. The van der Waals surface area contributed by atoms with Gasteiger partial charge in [0.2, 0.25) is 5.72 Å². The molecule has 3 rings (SSSR count). The topological polar surface area (TPSA) is 59.0 Å². The van der Waals surface area contributed by atoms with Gasteiger partial charge in [-0.1, -0.05) is 30.3 Å². The van der Waals surface area contributed by atoms with E-state index < -0.39 is 5.72 Å². The summed E-state index contributed by atoms with van der Waals surface area (Å²) in [5, 5.41) is 12.1. The third kappa shape index (κ3) is 1.82. The lowest BCUT2D eigenvalue weighted by Gasteiger charge is -2.32. The third-order valence-corrected chi connectivity index (χ3v) is 3.69. The van der Waals surface area contributed by atoms with Gasteiger partial charge in [-0.15, -0.1) is 0 Å². The van der Waals surface area contributed by atoms with Crippen LogP contribution < -0.4 is 4.74 Å². The molecule has 2 aromatic rings. The Bertz CT molecular complexity index is 683. The molecule has 1 atom stereocenters. The van der Waals surface area contributed by atoms with Crippen molar-refractivity contribution in [1.82, 2.24) is 5.06 Å². The number of nitrogens with zero attached hydrogens (tertiary/aromatic N) is 1. The van der Waals surface area contributed by atoms with Crippen LogP contribution >= 0.6 is 0 Å². The van der Waals surface area contributed by atoms with E-state index in [0.29, 0.717) is 22.4 Å². The standard InChI is InChI=1S/C16H15NO4/c1-20-12-9-7-11(8-10-12)16(19)14-6-4-3-5-13(14)15(18)17(16)21-2/h3-10,19H,1-2H3. The lowest BCUT2D eigenvalue weighted by atomic mass is 9.94. The van der Waals surface area contributed by atoms with Crippen molar-refractivity contribution in [3.05, 3.63) is 65.2 Å². The van der Waals surface area contributed by atoms with E-state index >= 15 is 0 Å². The summed E-state index contributed by atoms with van der Waals surface area (Å²) in [6.07, 6.45) is 0. The van der Waals surface area contributed by atoms with Crippen LogP contribution in [0.3, 0.4) is 0 Å². The second-order valence-electron chi connectivity index (χ2n) is 4.73. The molecule has 1 amide bonds. The molecular formula is C16H15NO4. The second-order valence-corrected chi connectivity index (χ2v) is 4.73. The number of ether oxygens (including phenoxy) is 1. The molecule has 21 heavy (non-hydrogen) atoms. The molecule has 0 aliphatic carbocycles. The van der Waals surface area contributed by atoms with Crippen LogP contribution in [-0.2, 0) is 10.6 Å². The fourth-order valence-electron chi connectivity index (χ4n) is 2.65. The zero-order chi connectivity index (χ0) is 15.0. The van der Waals surface area contributed by atoms with Gasteiger partial charge in [0.1, 0.15) is 5.75 Å². The Morgan fingerprint density at radius 1 is 1.05 bits per heavy atom. The maximum absolute atomic E-state index is 12.4. The Morgan fingerprint density at radius 2 is 1.71 bits per heavy atom. The number of rotatable bonds is 3. The maximum atomic E-state index is 12.4. The van der Waals surface area contributed by atoms with Crippen LogP contribution in [0, 0.1) is 0 Å². The predicted molar refractivity (Wildman–Crippen MR) is 75.6 cm³/mol. The molecule has 1 heterocycles. The Balaban J connectivity index is 2.18. The summed E-state index contributed by atoms with van der Waals surface area (Å²) in [5.74, 6) is 0.301. The fraction of sp³-hybridized carbons (Fsp3) is 0.188. The van der Waals surface area contributed by atoms with Crippen LogP contribution in [-0.4, -0.2) is 30.3 Å². The van der Waals surface area contributed by atoms with Crippen molar-refractivity contribution in [2.45, 2.75) is 5.72 Å². The quantitative estimate of drug-likeness (QED) is 0.936. The van der Waals surface area contributed by atoms with Gasteiger partial charge in [0.25, 0.3) is 5.91 Å². The van der Waals surface area contributed by atoms with Gasteiger partial charge in [0.05, 0.1) is 19.8 Å². The highest BCUT2D eigenvalue weighted by molar-refractivity contribution is 5.99. The van der Waals surface area contributed by atoms with Gasteiger partial charge in [-0.25, -0.2) is 0 Å². The summed E-state index contributed by atoms with van der Waals surface area (Å²) in [5.41, 5.74) is -0.183. The fourth-order valence-corrected chi connectivity index (χ4v) is 2.65. The molecule has 0 spiro atoms. The van der Waals surface area contributed by atoms with Crippen molar-refractivity contribution in [2.24, 2.45) is 0 Å². The number of methoxy groups -OCH3 is 1. The first-order valence-corrected chi connectivity index (χ1v) is 6.48. The number of aliphatic hydroxyl groups is 1. The Hall–Kier alpha value is -2.37. The summed E-state index contributed by atoms with van der Waals surface area (Å²) >= 11 is 0. The Morgan fingerprint density at radius 3 is 2.33 bits per heavy atom. The van der Waals surface area contributed by atoms with Crippen LogP contribution in [0.5, 0.6) is 5.75 Å². The zero-order valence-corrected chi connectivity index (χ0v) is 11.7. The summed E-state index contributed by atoms with van der Waals surface area (Å²) in [6, 6.07) is 13.8. The molecule has 1 N–H and O–H groups in total. The molecule has 0 aromatic heterocycles. The SMILES string of the molecule is COc1ccc(C2(O)c3ccccc3C(=O)N2OC)cc1. The monoisotopic (exact) mass is 285 g/mol. The minimum Gasteiger partial charge on any atom is -0.497 e. The van der Waals surface area contributed by atoms with E-state index in [2.05, 4.69) is 0 Å². The molecule has 0 saturated carbocycles. The van der Waals surface area contributed by atoms with Gasteiger partial charge in [-0.2, -0.15) is 5.06 Å². The number of amides is 1. The van der Waals surface area contributed by atoms with Gasteiger partial charge < -0.3 is 9.84 Å². The normalized spacial score (nSPS) is 20.5. The molecule has 108 valence electrons. The predicted octanol–water partition coefficient (Wildman–Crippen LogP) is 1.91. The Labute approximate surface area is 122 Å². The van der Waals surface area contributed by atoms with Crippen molar-refractivity contribution in [3.8, 4) is 5.75 Å². The van der Waals surface area contributed by atoms with E-state index in [0.717, 1.165) is 5.06 Å². The molecule has 1 unspecified atom stereocenters. The van der Waals surface area contributed by atoms with Gasteiger partial charge >= 0.3 is 0 Å².